The Morgan fingerprint density at radius 3 is 2.47 bits per heavy atom. The van der Waals surface area contributed by atoms with Crippen molar-refractivity contribution in [2.75, 3.05) is 4.90 Å². The number of carbonyl (C=O) groups excluding carboxylic acids is 4. The van der Waals surface area contributed by atoms with Gasteiger partial charge in [-0.15, -0.1) is 11.3 Å². The molecule has 2 aliphatic carbocycles. The average molecular weight is 766 g/mol. The van der Waals surface area contributed by atoms with Crippen LogP contribution in [-0.2, 0) is 32.8 Å². The monoisotopic (exact) mass is 764 g/mol. The van der Waals surface area contributed by atoms with Crippen LogP contribution in [-0.4, -0.2) is 43.4 Å². The number of imide groups is 2. The van der Waals surface area contributed by atoms with E-state index in [1.165, 1.54) is 21.9 Å². The zero-order valence-electron chi connectivity index (χ0n) is 29.0. The summed E-state index contributed by atoms with van der Waals surface area (Å²) in [6.45, 7) is 3.99. The van der Waals surface area contributed by atoms with Crippen LogP contribution in [0.3, 0.4) is 0 Å². The first kappa shape index (κ1) is 34.0. The number of nitrogens with zero attached hydrogens (tertiary/aromatic N) is 4. The first-order valence-corrected chi connectivity index (χ1v) is 19.1. The zero-order valence-corrected chi connectivity index (χ0v) is 31.4. The van der Waals surface area contributed by atoms with Crippen molar-refractivity contribution in [1.29, 1.82) is 0 Å². The smallest absolute Gasteiger partial charge is 0.242 e. The molecule has 2 aromatic heterocycles. The van der Waals surface area contributed by atoms with Crippen molar-refractivity contribution >= 4 is 74.1 Å². The molecule has 9 nitrogen and oxygen atoms in total. The minimum atomic E-state index is -1.29. The van der Waals surface area contributed by atoms with E-state index in [0.29, 0.717) is 28.5 Å². The van der Waals surface area contributed by atoms with Gasteiger partial charge in [0.05, 0.1) is 34.6 Å². The van der Waals surface area contributed by atoms with Crippen molar-refractivity contribution in [1.82, 2.24) is 14.7 Å². The van der Waals surface area contributed by atoms with E-state index in [1.807, 2.05) is 68.5 Å². The second kappa shape index (κ2) is 12.1. The molecule has 12 heteroatoms. The normalized spacial score (nSPS) is 26.7. The molecule has 1 saturated carbocycles. The Morgan fingerprint density at radius 1 is 0.943 bits per heavy atom. The van der Waals surface area contributed by atoms with Gasteiger partial charge in [0.2, 0.25) is 23.6 Å². The molecular weight excluding hydrogens is 731 g/mol. The average Bonchev–Trinajstić information content (AvgIpc) is 3.80. The molecule has 4 heterocycles. The third kappa shape index (κ3) is 4.91. The lowest BCUT2D eigenvalue weighted by atomic mass is 9.51. The fraction of sp³-hybridized carbons (Fsp3) is 0.293. The van der Waals surface area contributed by atoms with Crippen LogP contribution in [0.4, 0.5) is 5.82 Å². The van der Waals surface area contributed by atoms with Crippen molar-refractivity contribution in [2.24, 2.45) is 36.1 Å². The van der Waals surface area contributed by atoms with Gasteiger partial charge < -0.3 is 5.11 Å². The molecule has 2 saturated heterocycles. The Morgan fingerprint density at radius 2 is 1.72 bits per heavy atom. The summed E-state index contributed by atoms with van der Waals surface area (Å²) in [6.07, 6.45) is 2.54. The van der Waals surface area contributed by atoms with E-state index < -0.39 is 40.9 Å². The van der Waals surface area contributed by atoms with Gasteiger partial charge >= 0.3 is 0 Å². The Hall–Kier alpha value is -4.77. The van der Waals surface area contributed by atoms with E-state index in [0.717, 1.165) is 31.7 Å². The highest BCUT2D eigenvalue weighted by atomic mass is 35.5. The summed E-state index contributed by atoms with van der Waals surface area (Å²) in [5, 5.41) is 17.0. The van der Waals surface area contributed by atoms with Gasteiger partial charge in [-0.2, -0.15) is 5.10 Å². The lowest BCUT2D eigenvalue weighted by molar-refractivity contribution is -0.141. The maximum absolute atomic E-state index is 15.1. The molecule has 1 N–H and O–H groups in total. The summed E-state index contributed by atoms with van der Waals surface area (Å²) in [5.74, 6) is -4.21. The molecule has 268 valence electrons. The number of aryl methyl sites for hydroxylation is 2. The van der Waals surface area contributed by atoms with Crippen LogP contribution in [0.2, 0.25) is 10.0 Å². The van der Waals surface area contributed by atoms with Crippen LogP contribution in [0, 0.1) is 36.0 Å². The van der Waals surface area contributed by atoms with Crippen LogP contribution >= 0.6 is 34.5 Å². The maximum atomic E-state index is 15.1. The van der Waals surface area contributed by atoms with Gasteiger partial charge in [-0.1, -0.05) is 71.2 Å². The van der Waals surface area contributed by atoms with Gasteiger partial charge in [-0.3, -0.25) is 28.8 Å². The number of hydrogen-bond acceptors (Lipinski definition) is 7. The number of halogens is 2. The Labute approximate surface area is 319 Å². The summed E-state index contributed by atoms with van der Waals surface area (Å²) < 4.78 is 2.61. The van der Waals surface area contributed by atoms with E-state index in [9.17, 15) is 19.5 Å². The molecule has 4 aliphatic rings. The first-order chi connectivity index (χ1) is 25.4. The van der Waals surface area contributed by atoms with E-state index in [1.54, 1.807) is 35.2 Å². The summed E-state index contributed by atoms with van der Waals surface area (Å²) in [5.41, 5.74) is 2.59. The Bertz CT molecular complexity index is 2460. The molecule has 0 spiro atoms. The number of anilines is 1. The summed E-state index contributed by atoms with van der Waals surface area (Å²) in [6, 6.07) is 21.6. The molecule has 4 amide bonds. The van der Waals surface area contributed by atoms with Gasteiger partial charge in [0, 0.05) is 33.8 Å². The van der Waals surface area contributed by atoms with E-state index in [2.05, 4.69) is 0 Å². The van der Waals surface area contributed by atoms with Crippen LogP contribution in [0.25, 0.3) is 20.7 Å². The molecule has 53 heavy (non-hydrogen) atoms. The predicted molar refractivity (Wildman–Crippen MR) is 204 cm³/mol. The van der Waals surface area contributed by atoms with Gasteiger partial charge in [0.1, 0.15) is 17.3 Å². The number of phenols is 1. The van der Waals surface area contributed by atoms with E-state index >= 15 is 4.79 Å². The number of aromatic nitrogens is 2. The molecule has 0 unspecified atom stereocenters. The number of amides is 4. The Balaban J connectivity index is 1.14. The molecular formula is C41H34Cl2N4O5S. The molecule has 5 aromatic rings. The molecule has 3 fully saturated rings. The molecule has 6 atom stereocenters. The zero-order chi connectivity index (χ0) is 37.1. The van der Waals surface area contributed by atoms with Gasteiger partial charge in [-0.05, 0) is 85.0 Å². The molecule has 0 bridgehead atoms. The van der Waals surface area contributed by atoms with E-state index in [4.69, 9.17) is 28.3 Å². The number of aromatic hydroxyl groups is 1. The Kier molecular flexibility index (Phi) is 7.79. The van der Waals surface area contributed by atoms with Crippen LogP contribution in [0.15, 0.2) is 84.4 Å². The lowest BCUT2D eigenvalue weighted by Gasteiger charge is -2.49. The van der Waals surface area contributed by atoms with Gasteiger partial charge in [0.15, 0.2) is 0 Å². The second-order valence-corrected chi connectivity index (χ2v) is 16.7. The third-order valence-electron chi connectivity index (χ3n) is 12.1. The highest BCUT2D eigenvalue weighted by Gasteiger charge is 2.68. The second-order valence-electron chi connectivity index (χ2n) is 14.8. The molecule has 3 aromatic carbocycles. The summed E-state index contributed by atoms with van der Waals surface area (Å²) >= 11 is 14.7. The SMILES string of the molecule is Cc1c(-c2cc(N3C(=O)[C@@H]4C[C@@H]5C(=CC[C@@H]6C(=O)N(Cc7ccccc7)C(=O)[C@@H]65)[C@H](c5ccc(O)cc5Cl)[C@]4(C)C3=O)n(C)n2)sc2ccc(Cl)cc12. The van der Waals surface area contributed by atoms with Gasteiger partial charge in [-0.25, -0.2) is 4.90 Å². The number of benzene rings is 3. The maximum Gasteiger partial charge on any atom is 0.242 e. The van der Waals surface area contributed by atoms with Gasteiger partial charge in [0.25, 0.3) is 0 Å². The number of fused-ring (bicyclic) bond motifs is 5. The minimum absolute atomic E-state index is 0.0321. The molecule has 0 radical (unpaired) electrons. The predicted octanol–water partition coefficient (Wildman–Crippen LogP) is 8.05. The highest BCUT2D eigenvalue weighted by Crippen LogP contribution is 2.64. The first-order valence-electron chi connectivity index (χ1n) is 17.6. The number of phenolic OH excluding ortho intramolecular Hbond substituents is 1. The number of likely N-dealkylation sites (tertiary alicyclic amines) is 1. The standard InChI is InChI=1S/C41H34Cl2N4O5S/c1-20-27-15-22(42)9-14-32(27)53-36(20)31-18-33(45(3)44-31)47-38(50)29-17-28-24(35(41(29,2)40(47)52)25-11-10-23(48)16-30(25)43)12-13-26-34(28)39(51)46(37(26)49)19-21-7-5-4-6-8-21/h4-12,14-16,18,26,28-29,34-35,48H,13,17,19H2,1-3H3/t26-,28+,29-,34-,35+,41+/m0/s1. The number of hydrogen-bond donors (Lipinski definition) is 1. The third-order valence-corrected chi connectivity index (χ3v) is 13.9. The number of allylic oxidation sites excluding steroid dienone is 2. The van der Waals surface area contributed by atoms with E-state index in [-0.39, 0.29) is 41.5 Å². The molecule has 2 aliphatic heterocycles. The van der Waals surface area contributed by atoms with Crippen molar-refractivity contribution in [3.63, 3.8) is 0 Å². The fourth-order valence-corrected chi connectivity index (χ4v) is 11.1. The number of carbonyl (C=O) groups is 4. The summed E-state index contributed by atoms with van der Waals surface area (Å²) in [7, 11) is 1.72. The largest absolute Gasteiger partial charge is 0.508 e. The number of rotatable bonds is 5. The van der Waals surface area contributed by atoms with Crippen LogP contribution < -0.4 is 4.90 Å². The van der Waals surface area contributed by atoms with Crippen molar-refractivity contribution in [3.05, 3.63) is 111 Å². The van der Waals surface area contributed by atoms with Crippen molar-refractivity contribution in [2.45, 2.75) is 39.2 Å². The van der Waals surface area contributed by atoms with Crippen molar-refractivity contribution < 1.29 is 24.3 Å². The summed E-state index contributed by atoms with van der Waals surface area (Å²) in [4.78, 5) is 61.6. The number of thiophene rings is 1. The lowest BCUT2D eigenvalue weighted by Crippen LogP contribution is -2.49. The van der Waals surface area contributed by atoms with Crippen molar-refractivity contribution in [3.8, 4) is 16.3 Å². The quantitative estimate of drug-likeness (QED) is 0.143. The highest BCUT2D eigenvalue weighted by molar-refractivity contribution is 7.22. The fourth-order valence-electron chi connectivity index (χ4n) is 9.53. The van der Waals surface area contributed by atoms with Crippen LogP contribution in [0.1, 0.15) is 42.4 Å². The minimum Gasteiger partial charge on any atom is -0.508 e. The van der Waals surface area contributed by atoms with Crippen LogP contribution in [0.5, 0.6) is 5.75 Å². The molecule has 9 rings (SSSR count). The topological polar surface area (TPSA) is 113 Å².